The van der Waals surface area contributed by atoms with Crippen LogP contribution in [0.3, 0.4) is 0 Å². The molecule has 3 heterocycles. The van der Waals surface area contributed by atoms with Gasteiger partial charge in [0.1, 0.15) is 31.2 Å². The number of quaternary nitrogens is 1. The van der Waals surface area contributed by atoms with Gasteiger partial charge in [-0.2, -0.15) is 0 Å². The number of rotatable bonds is 5. The molecule has 33 heavy (non-hydrogen) atoms. The number of Topliss-reactive ketones (excluding diaryl/α,β-unsaturated/α-hetero) is 1. The van der Waals surface area contributed by atoms with E-state index in [1.165, 1.54) is 11.1 Å². The van der Waals surface area contributed by atoms with Crippen LogP contribution in [0.15, 0.2) is 71.5 Å². The van der Waals surface area contributed by atoms with Crippen LogP contribution in [0.4, 0.5) is 5.69 Å². The minimum absolute atomic E-state index is 0.142. The number of methoxy groups -OCH3 is 1. The highest BCUT2D eigenvalue weighted by atomic mass is 16.5. The van der Waals surface area contributed by atoms with Crippen LogP contribution in [0, 0.1) is 5.92 Å². The third-order valence-corrected chi connectivity index (χ3v) is 8.73. The molecule has 0 aromatic heterocycles. The van der Waals surface area contributed by atoms with Crippen LogP contribution in [0.1, 0.15) is 35.7 Å². The Morgan fingerprint density at radius 1 is 1.21 bits per heavy atom. The largest absolute Gasteiger partial charge is 0.497 e. The first-order chi connectivity index (χ1) is 16.1. The molecule has 5 heteroatoms. The van der Waals surface area contributed by atoms with Crippen LogP contribution in [-0.2, 0) is 10.2 Å². The SMILES string of the molecule is C/C=C1/C[N+]2(CC(=O)c3ccc(OC)cc3)CC[C@]34C(=C(C=O)[C@H]1CC32)Nc1ccccc14. The Kier molecular flexibility index (Phi) is 4.43. The van der Waals surface area contributed by atoms with Gasteiger partial charge in [-0.05, 0) is 48.4 Å². The fourth-order valence-corrected chi connectivity index (χ4v) is 7.28. The first kappa shape index (κ1) is 20.4. The molecule has 3 aliphatic heterocycles. The maximum Gasteiger partial charge on any atom is 0.216 e. The van der Waals surface area contributed by atoms with Gasteiger partial charge in [0.05, 0.1) is 19.1 Å². The molecule has 2 aromatic carbocycles. The lowest BCUT2D eigenvalue weighted by atomic mass is 9.61. The average molecular weight is 442 g/mol. The first-order valence-electron chi connectivity index (χ1n) is 11.8. The van der Waals surface area contributed by atoms with E-state index in [-0.39, 0.29) is 23.2 Å². The molecule has 4 atom stereocenters. The van der Waals surface area contributed by atoms with Gasteiger partial charge in [-0.15, -0.1) is 0 Å². The number of para-hydroxylation sites is 1. The summed E-state index contributed by atoms with van der Waals surface area (Å²) in [5, 5.41) is 3.66. The number of ketones is 1. The molecule has 168 valence electrons. The normalized spacial score (nSPS) is 32.2. The van der Waals surface area contributed by atoms with Crippen molar-refractivity contribution in [2.75, 3.05) is 32.1 Å². The highest BCUT2D eigenvalue weighted by Gasteiger charge is 2.68. The molecule has 2 bridgehead atoms. The molecule has 0 saturated carbocycles. The van der Waals surface area contributed by atoms with Crippen LogP contribution in [0.5, 0.6) is 5.75 Å². The predicted molar refractivity (Wildman–Crippen MR) is 127 cm³/mol. The summed E-state index contributed by atoms with van der Waals surface area (Å²) in [5.41, 5.74) is 6.23. The summed E-state index contributed by atoms with van der Waals surface area (Å²) >= 11 is 0. The quantitative estimate of drug-likeness (QED) is 0.326. The number of nitrogens with one attached hydrogen (secondary N) is 1. The number of carbonyl (C=O) groups excluding carboxylic acids is 2. The highest BCUT2D eigenvalue weighted by Crippen LogP contribution is 2.63. The third kappa shape index (κ3) is 2.63. The number of fused-ring (bicyclic) bond motifs is 2. The number of nitrogens with zero attached hydrogens (tertiary/aromatic N) is 1. The van der Waals surface area contributed by atoms with E-state index in [0.29, 0.717) is 6.54 Å². The van der Waals surface area contributed by atoms with Crippen molar-refractivity contribution in [1.29, 1.82) is 0 Å². The first-order valence-corrected chi connectivity index (χ1v) is 11.8. The molecular formula is C28H29N2O3+. The van der Waals surface area contributed by atoms with Crippen LogP contribution >= 0.6 is 0 Å². The summed E-state index contributed by atoms with van der Waals surface area (Å²) in [6, 6.07) is 16.2. The van der Waals surface area contributed by atoms with Crippen LogP contribution < -0.4 is 10.1 Å². The van der Waals surface area contributed by atoms with Crippen molar-refractivity contribution in [3.63, 3.8) is 0 Å². The van der Waals surface area contributed by atoms with Crippen LogP contribution in [0.2, 0.25) is 0 Å². The van der Waals surface area contributed by atoms with Gasteiger partial charge in [0.15, 0.2) is 0 Å². The van der Waals surface area contributed by atoms with E-state index >= 15 is 0 Å². The minimum Gasteiger partial charge on any atom is -0.497 e. The number of ether oxygens (including phenoxy) is 1. The zero-order valence-corrected chi connectivity index (χ0v) is 19.1. The molecule has 2 unspecified atom stereocenters. The van der Waals surface area contributed by atoms with Crippen molar-refractivity contribution in [2.45, 2.75) is 31.2 Å². The lowest BCUT2D eigenvalue weighted by Crippen LogP contribution is -2.64. The van der Waals surface area contributed by atoms with Gasteiger partial charge in [-0.3, -0.25) is 9.59 Å². The second-order valence-electron chi connectivity index (χ2n) is 9.92. The van der Waals surface area contributed by atoms with E-state index in [2.05, 4.69) is 42.6 Å². The van der Waals surface area contributed by atoms with Gasteiger partial charge in [0.25, 0.3) is 0 Å². The van der Waals surface area contributed by atoms with Crippen molar-refractivity contribution < 1.29 is 18.8 Å². The predicted octanol–water partition coefficient (Wildman–Crippen LogP) is 4.26. The summed E-state index contributed by atoms with van der Waals surface area (Å²) in [5.74, 6) is 1.07. The van der Waals surface area contributed by atoms with Gasteiger partial charge >= 0.3 is 0 Å². The standard InChI is InChI=1S/C28H28N2O3/c1-3-18-15-30(16-25(32)19-8-10-20(33-2)11-9-19)13-12-28-23-6-4-5-7-24(23)29-27(28)22(17-31)21(18)14-26(28)30/h3-11,17,21,26H,12-16H2,1-2H3/p+1/b18-3-/t21-,26?,28+,30?/m0/s1. The molecule has 0 radical (unpaired) electrons. The van der Waals surface area contributed by atoms with Gasteiger partial charge < -0.3 is 14.5 Å². The van der Waals surface area contributed by atoms with Crippen molar-refractivity contribution in [3.8, 4) is 5.75 Å². The van der Waals surface area contributed by atoms with E-state index in [9.17, 15) is 9.59 Å². The summed E-state index contributed by atoms with van der Waals surface area (Å²) in [4.78, 5) is 25.9. The Bertz CT molecular complexity index is 1230. The Morgan fingerprint density at radius 2 is 2.00 bits per heavy atom. The topological polar surface area (TPSA) is 55.4 Å². The Morgan fingerprint density at radius 3 is 2.73 bits per heavy atom. The van der Waals surface area contributed by atoms with E-state index in [1.807, 2.05) is 24.3 Å². The summed E-state index contributed by atoms with van der Waals surface area (Å²) in [6.07, 6.45) is 5.13. The van der Waals surface area contributed by atoms with Gasteiger partial charge in [-0.25, -0.2) is 0 Å². The fourth-order valence-electron chi connectivity index (χ4n) is 7.28. The smallest absolute Gasteiger partial charge is 0.216 e. The lowest BCUT2D eigenvalue weighted by Gasteiger charge is -2.53. The van der Waals surface area contributed by atoms with Crippen molar-refractivity contribution in [2.24, 2.45) is 5.92 Å². The molecule has 0 amide bonds. The number of anilines is 1. The van der Waals surface area contributed by atoms with Crippen LogP contribution in [-0.4, -0.2) is 49.3 Å². The highest BCUT2D eigenvalue weighted by molar-refractivity contribution is 5.97. The number of hydrogen-bond donors (Lipinski definition) is 1. The fraction of sp³-hybridized carbons (Fsp3) is 0.357. The molecule has 1 aliphatic carbocycles. The number of carbonyl (C=O) groups is 2. The van der Waals surface area contributed by atoms with E-state index in [4.69, 9.17) is 4.74 Å². The van der Waals surface area contributed by atoms with E-state index < -0.39 is 0 Å². The third-order valence-electron chi connectivity index (χ3n) is 8.73. The molecule has 4 aliphatic rings. The van der Waals surface area contributed by atoms with Gasteiger partial charge in [0, 0.05) is 41.3 Å². The van der Waals surface area contributed by atoms with Crippen molar-refractivity contribution >= 4 is 17.8 Å². The molecule has 2 fully saturated rings. The average Bonchev–Trinajstić information content (AvgIpc) is 3.38. The Balaban J connectivity index is 1.47. The monoisotopic (exact) mass is 441 g/mol. The second-order valence-corrected chi connectivity index (χ2v) is 9.92. The Hall–Kier alpha value is -3.18. The molecule has 1 N–H and O–H groups in total. The van der Waals surface area contributed by atoms with E-state index in [1.54, 1.807) is 7.11 Å². The number of hydrogen-bond acceptors (Lipinski definition) is 4. The second kappa shape index (κ2) is 7.16. The lowest BCUT2D eigenvalue weighted by molar-refractivity contribution is -0.934. The molecule has 2 saturated heterocycles. The van der Waals surface area contributed by atoms with Gasteiger partial charge in [-0.1, -0.05) is 24.3 Å². The number of benzene rings is 2. The molecule has 6 rings (SSSR count). The number of piperidine rings is 1. The summed E-state index contributed by atoms with van der Waals surface area (Å²) in [7, 11) is 1.64. The molecular weight excluding hydrogens is 412 g/mol. The number of aldehydes is 1. The minimum atomic E-state index is -0.206. The maximum atomic E-state index is 13.5. The Labute approximate surface area is 194 Å². The zero-order valence-electron chi connectivity index (χ0n) is 19.1. The maximum absolute atomic E-state index is 13.5. The molecule has 5 nitrogen and oxygen atoms in total. The van der Waals surface area contributed by atoms with Gasteiger partial charge in [0.2, 0.25) is 5.78 Å². The number of allylic oxidation sites excluding steroid dienone is 2. The summed E-state index contributed by atoms with van der Waals surface area (Å²) < 4.78 is 6.04. The van der Waals surface area contributed by atoms with E-state index in [0.717, 1.165) is 65.0 Å². The zero-order chi connectivity index (χ0) is 22.8. The molecule has 1 spiro atoms. The molecule has 2 aromatic rings. The summed E-state index contributed by atoms with van der Waals surface area (Å²) in [6.45, 7) is 4.32. The van der Waals surface area contributed by atoms with Crippen molar-refractivity contribution in [1.82, 2.24) is 0 Å². The van der Waals surface area contributed by atoms with Crippen molar-refractivity contribution in [3.05, 3.63) is 82.6 Å². The van der Waals surface area contributed by atoms with Crippen LogP contribution in [0.25, 0.3) is 0 Å².